The molecule has 1 saturated carbocycles. The first-order valence-corrected chi connectivity index (χ1v) is 10.9. The lowest BCUT2D eigenvalue weighted by Gasteiger charge is -2.37. The molecule has 2 aliphatic rings. The van der Waals surface area contributed by atoms with Crippen LogP contribution < -0.4 is 10.2 Å². The van der Waals surface area contributed by atoms with E-state index in [0.717, 1.165) is 55.8 Å². The number of carbonyl (C=O) groups excluding carboxylic acids is 2. The van der Waals surface area contributed by atoms with Gasteiger partial charge in [0.2, 0.25) is 11.8 Å². The predicted molar refractivity (Wildman–Crippen MR) is 115 cm³/mol. The summed E-state index contributed by atoms with van der Waals surface area (Å²) in [5.74, 6) is -0.0782. The van der Waals surface area contributed by atoms with E-state index in [1.54, 1.807) is 0 Å². The van der Waals surface area contributed by atoms with Crippen LogP contribution in [0.1, 0.15) is 64.9 Å². The minimum absolute atomic E-state index is 0.0500. The van der Waals surface area contributed by atoms with Gasteiger partial charge in [0, 0.05) is 37.1 Å². The minimum atomic E-state index is -0.839. The standard InChI is InChI=1S/C23H35N3O2/c1-5-18-10-8-9-15-26(18)22(28)23(13-14-23)21(27)24-20-12-11-19(16-17(20)4)25(6-2)7-3/h11-12,16,18H,5-10,13-15H2,1-4H3,(H,24,27). The summed E-state index contributed by atoms with van der Waals surface area (Å²) in [7, 11) is 0. The molecule has 1 atom stereocenters. The number of amides is 2. The fourth-order valence-corrected chi connectivity index (χ4v) is 4.45. The molecular formula is C23H35N3O2. The first-order valence-electron chi connectivity index (χ1n) is 10.9. The summed E-state index contributed by atoms with van der Waals surface area (Å²) >= 11 is 0. The van der Waals surface area contributed by atoms with Crippen molar-refractivity contribution in [3.05, 3.63) is 23.8 Å². The zero-order chi connectivity index (χ0) is 20.3. The van der Waals surface area contributed by atoms with Gasteiger partial charge >= 0.3 is 0 Å². The van der Waals surface area contributed by atoms with Crippen LogP contribution in [0.25, 0.3) is 0 Å². The third-order valence-electron chi connectivity index (χ3n) is 6.54. The molecule has 2 fully saturated rings. The number of anilines is 2. The second-order valence-corrected chi connectivity index (χ2v) is 8.26. The SMILES string of the molecule is CCC1CCCCN1C(=O)C1(C(=O)Nc2ccc(N(CC)CC)cc2C)CC1. The van der Waals surface area contributed by atoms with E-state index in [4.69, 9.17) is 0 Å². The predicted octanol–water partition coefficient (Wildman–Crippen LogP) is 4.35. The van der Waals surface area contributed by atoms with Crippen molar-refractivity contribution in [3.8, 4) is 0 Å². The van der Waals surface area contributed by atoms with Gasteiger partial charge in [-0.05, 0) is 83.1 Å². The number of benzene rings is 1. The van der Waals surface area contributed by atoms with Crippen LogP contribution >= 0.6 is 0 Å². The Balaban J connectivity index is 1.73. The van der Waals surface area contributed by atoms with Crippen molar-refractivity contribution in [2.75, 3.05) is 29.9 Å². The zero-order valence-electron chi connectivity index (χ0n) is 17.9. The molecule has 1 N–H and O–H groups in total. The van der Waals surface area contributed by atoms with Crippen LogP contribution in [0.3, 0.4) is 0 Å². The van der Waals surface area contributed by atoms with Crippen LogP contribution in [-0.4, -0.2) is 42.4 Å². The summed E-state index contributed by atoms with van der Waals surface area (Å²) in [5.41, 5.74) is 2.17. The smallest absolute Gasteiger partial charge is 0.240 e. The first-order chi connectivity index (χ1) is 13.5. The van der Waals surface area contributed by atoms with Gasteiger partial charge < -0.3 is 15.1 Å². The highest BCUT2D eigenvalue weighted by Gasteiger charge is 2.58. The van der Waals surface area contributed by atoms with Crippen LogP contribution in [0.2, 0.25) is 0 Å². The molecule has 1 aromatic rings. The van der Waals surface area contributed by atoms with E-state index in [0.29, 0.717) is 18.9 Å². The molecule has 28 heavy (non-hydrogen) atoms. The van der Waals surface area contributed by atoms with E-state index in [9.17, 15) is 9.59 Å². The van der Waals surface area contributed by atoms with Gasteiger partial charge in [-0.3, -0.25) is 9.59 Å². The Morgan fingerprint density at radius 1 is 1.18 bits per heavy atom. The van der Waals surface area contributed by atoms with Gasteiger partial charge in [-0.15, -0.1) is 0 Å². The maximum absolute atomic E-state index is 13.2. The molecule has 2 amide bonds. The van der Waals surface area contributed by atoms with Crippen molar-refractivity contribution in [2.24, 2.45) is 5.41 Å². The monoisotopic (exact) mass is 385 g/mol. The molecule has 154 valence electrons. The first kappa shape index (κ1) is 20.7. The van der Waals surface area contributed by atoms with E-state index < -0.39 is 5.41 Å². The summed E-state index contributed by atoms with van der Waals surface area (Å²) in [5, 5.41) is 3.06. The molecule has 1 heterocycles. The number of rotatable bonds is 7. The fraction of sp³-hybridized carbons (Fsp3) is 0.652. The molecule has 1 aliphatic heterocycles. The lowest BCUT2D eigenvalue weighted by atomic mass is 9.95. The molecule has 0 spiro atoms. The number of piperidine rings is 1. The average Bonchev–Trinajstić information content (AvgIpc) is 3.52. The second-order valence-electron chi connectivity index (χ2n) is 8.26. The highest BCUT2D eigenvalue weighted by molar-refractivity contribution is 6.13. The van der Waals surface area contributed by atoms with Gasteiger partial charge in [0.15, 0.2) is 0 Å². The minimum Gasteiger partial charge on any atom is -0.372 e. The van der Waals surface area contributed by atoms with Crippen LogP contribution in [0.5, 0.6) is 0 Å². The summed E-state index contributed by atoms with van der Waals surface area (Å²) < 4.78 is 0. The summed E-state index contributed by atoms with van der Waals surface area (Å²) in [6.07, 6.45) is 5.59. The number of nitrogens with zero attached hydrogens (tertiary/aromatic N) is 2. The lowest BCUT2D eigenvalue weighted by Crippen LogP contribution is -2.49. The molecule has 1 aromatic carbocycles. The number of hydrogen-bond donors (Lipinski definition) is 1. The Hall–Kier alpha value is -2.04. The third kappa shape index (κ3) is 3.89. The second kappa shape index (κ2) is 8.54. The average molecular weight is 386 g/mol. The van der Waals surface area contributed by atoms with Crippen LogP contribution in [0.4, 0.5) is 11.4 Å². The lowest BCUT2D eigenvalue weighted by molar-refractivity contribution is -0.145. The molecule has 0 bridgehead atoms. The number of hydrogen-bond acceptors (Lipinski definition) is 3. The Morgan fingerprint density at radius 3 is 2.46 bits per heavy atom. The Morgan fingerprint density at radius 2 is 1.89 bits per heavy atom. The van der Waals surface area contributed by atoms with E-state index in [1.165, 1.54) is 6.42 Å². The molecule has 1 aliphatic carbocycles. The van der Waals surface area contributed by atoms with Crippen molar-refractivity contribution in [3.63, 3.8) is 0 Å². The van der Waals surface area contributed by atoms with Gasteiger partial charge in [-0.25, -0.2) is 0 Å². The molecule has 3 rings (SSSR count). The summed E-state index contributed by atoms with van der Waals surface area (Å²) in [6.45, 7) is 11.1. The fourth-order valence-electron chi connectivity index (χ4n) is 4.45. The van der Waals surface area contributed by atoms with Crippen LogP contribution in [-0.2, 0) is 9.59 Å². The van der Waals surface area contributed by atoms with Crippen LogP contribution in [0.15, 0.2) is 18.2 Å². The molecule has 5 heteroatoms. The number of likely N-dealkylation sites (tertiary alicyclic amines) is 1. The molecule has 1 unspecified atom stereocenters. The van der Waals surface area contributed by atoms with Crippen molar-refractivity contribution >= 4 is 23.2 Å². The van der Waals surface area contributed by atoms with Crippen molar-refractivity contribution in [1.82, 2.24) is 4.90 Å². The highest BCUT2D eigenvalue weighted by atomic mass is 16.2. The molecular weight excluding hydrogens is 350 g/mol. The maximum atomic E-state index is 13.2. The molecule has 5 nitrogen and oxygen atoms in total. The molecule has 0 radical (unpaired) electrons. The van der Waals surface area contributed by atoms with Crippen LogP contribution in [0, 0.1) is 12.3 Å². The maximum Gasteiger partial charge on any atom is 0.240 e. The van der Waals surface area contributed by atoms with Crippen molar-refractivity contribution in [1.29, 1.82) is 0 Å². The number of nitrogens with one attached hydrogen (secondary N) is 1. The van der Waals surface area contributed by atoms with E-state index in [1.807, 2.05) is 17.9 Å². The zero-order valence-corrected chi connectivity index (χ0v) is 17.9. The van der Waals surface area contributed by atoms with E-state index in [2.05, 4.69) is 43.1 Å². The molecule has 0 aromatic heterocycles. The van der Waals surface area contributed by atoms with E-state index in [-0.39, 0.29) is 11.8 Å². The number of carbonyl (C=O) groups is 2. The highest BCUT2D eigenvalue weighted by Crippen LogP contribution is 2.49. The Kier molecular flexibility index (Phi) is 6.31. The summed E-state index contributed by atoms with van der Waals surface area (Å²) in [6, 6.07) is 6.43. The van der Waals surface area contributed by atoms with Gasteiger partial charge in [-0.2, -0.15) is 0 Å². The normalized spacial score (nSPS) is 20.6. The largest absolute Gasteiger partial charge is 0.372 e. The number of aryl methyl sites for hydroxylation is 1. The summed E-state index contributed by atoms with van der Waals surface area (Å²) in [4.78, 5) is 30.6. The van der Waals surface area contributed by atoms with Crippen molar-refractivity contribution < 1.29 is 9.59 Å². The molecule has 1 saturated heterocycles. The Bertz CT molecular complexity index is 723. The van der Waals surface area contributed by atoms with Gasteiger partial charge in [0.05, 0.1) is 0 Å². The van der Waals surface area contributed by atoms with Gasteiger partial charge in [0.25, 0.3) is 0 Å². The van der Waals surface area contributed by atoms with Crippen molar-refractivity contribution in [2.45, 2.75) is 72.3 Å². The topological polar surface area (TPSA) is 52.7 Å². The Labute approximate surface area is 169 Å². The van der Waals surface area contributed by atoms with Gasteiger partial charge in [-0.1, -0.05) is 6.92 Å². The quantitative estimate of drug-likeness (QED) is 0.710. The van der Waals surface area contributed by atoms with Gasteiger partial charge in [0.1, 0.15) is 5.41 Å². The van der Waals surface area contributed by atoms with E-state index >= 15 is 0 Å². The third-order valence-corrected chi connectivity index (χ3v) is 6.54.